The third kappa shape index (κ3) is 3.75. The highest BCUT2D eigenvalue weighted by molar-refractivity contribution is 6.03. The van der Waals surface area contributed by atoms with Gasteiger partial charge in [-0.3, -0.25) is 4.79 Å². The Kier molecular flexibility index (Phi) is 6.04. The zero-order valence-electron chi connectivity index (χ0n) is 16.6. The zero-order valence-corrected chi connectivity index (χ0v) is 16.6. The van der Waals surface area contributed by atoms with Crippen molar-refractivity contribution in [1.29, 1.82) is 0 Å². The van der Waals surface area contributed by atoms with Gasteiger partial charge in [-0.05, 0) is 37.1 Å². The van der Waals surface area contributed by atoms with Crippen molar-refractivity contribution in [3.05, 3.63) is 46.3 Å². The molecule has 1 aromatic heterocycles. The smallest absolute Gasteiger partial charge is 0.355 e. The number of H-pyrrole nitrogens is 1. The van der Waals surface area contributed by atoms with Gasteiger partial charge in [-0.15, -0.1) is 0 Å². The molecule has 0 radical (unpaired) electrons. The van der Waals surface area contributed by atoms with E-state index in [1.165, 1.54) is 7.11 Å². The van der Waals surface area contributed by atoms with E-state index in [0.29, 0.717) is 47.8 Å². The van der Waals surface area contributed by atoms with Gasteiger partial charge in [0.1, 0.15) is 23.8 Å². The monoisotopic (exact) mass is 387 g/mol. The molecule has 0 aliphatic heterocycles. The maximum absolute atomic E-state index is 12.9. The van der Waals surface area contributed by atoms with Crippen LogP contribution in [0.15, 0.2) is 18.2 Å². The summed E-state index contributed by atoms with van der Waals surface area (Å²) in [6, 6.07) is 5.57. The van der Waals surface area contributed by atoms with E-state index < -0.39 is 5.97 Å². The second-order valence-electron chi connectivity index (χ2n) is 6.74. The highest BCUT2D eigenvalue weighted by Gasteiger charge is 2.33. The summed E-state index contributed by atoms with van der Waals surface area (Å²) in [6.45, 7) is 2.25. The predicted molar refractivity (Wildman–Crippen MR) is 103 cm³/mol. The molecule has 1 aromatic carbocycles. The number of nitrogens with one attached hydrogen (secondary N) is 1. The van der Waals surface area contributed by atoms with Gasteiger partial charge in [-0.1, -0.05) is 0 Å². The van der Waals surface area contributed by atoms with Crippen molar-refractivity contribution >= 4 is 11.8 Å². The Hall–Kier alpha value is -2.80. The number of carbonyl (C=O) groups is 2. The molecule has 0 spiro atoms. The second kappa shape index (κ2) is 8.48. The van der Waals surface area contributed by atoms with Gasteiger partial charge in [0.05, 0.1) is 20.8 Å². The molecule has 0 unspecified atom stereocenters. The summed E-state index contributed by atoms with van der Waals surface area (Å²) in [5.74, 6) is 0.872. The molecule has 1 atom stereocenters. The summed E-state index contributed by atoms with van der Waals surface area (Å²) in [7, 11) is 4.75. The van der Waals surface area contributed by atoms with Crippen LogP contribution in [0, 0.1) is 6.92 Å². The first-order valence-electron chi connectivity index (χ1n) is 9.12. The van der Waals surface area contributed by atoms with Gasteiger partial charge in [-0.25, -0.2) is 4.79 Å². The number of esters is 1. The maximum Gasteiger partial charge on any atom is 0.355 e. The van der Waals surface area contributed by atoms with Crippen LogP contribution >= 0.6 is 0 Å². The van der Waals surface area contributed by atoms with Crippen molar-refractivity contribution in [3.8, 4) is 11.5 Å². The van der Waals surface area contributed by atoms with Gasteiger partial charge in [0.2, 0.25) is 0 Å². The molecule has 7 heteroatoms. The molecule has 0 amide bonds. The fraction of sp³-hybridized carbons (Fsp3) is 0.429. The Balaban J connectivity index is 1.90. The Morgan fingerprint density at radius 2 is 1.93 bits per heavy atom. The highest BCUT2D eigenvalue weighted by atomic mass is 16.6. The van der Waals surface area contributed by atoms with E-state index in [2.05, 4.69) is 4.98 Å². The summed E-state index contributed by atoms with van der Waals surface area (Å²) in [5.41, 5.74) is 3.22. The molecular weight excluding hydrogens is 362 g/mol. The fourth-order valence-corrected chi connectivity index (χ4v) is 3.71. The highest BCUT2D eigenvalue weighted by Crippen LogP contribution is 2.40. The lowest BCUT2D eigenvalue weighted by molar-refractivity contribution is 0.0381. The van der Waals surface area contributed by atoms with Crippen molar-refractivity contribution in [1.82, 2.24) is 4.98 Å². The molecule has 2 aromatic rings. The number of methoxy groups -OCH3 is 3. The lowest BCUT2D eigenvalue weighted by Crippen LogP contribution is -2.19. The number of rotatable bonds is 7. The first kappa shape index (κ1) is 19.9. The van der Waals surface area contributed by atoms with Gasteiger partial charge in [-0.2, -0.15) is 0 Å². The van der Waals surface area contributed by atoms with E-state index in [9.17, 15) is 9.59 Å². The first-order valence-corrected chi connectivity index (χ1v) is 9.12. The number of benzene rings is 1. The average Bonchev–Trinajstić information content (AvgIpc) is 3.04. The number of Topliss-reactive ketones (excluding diaryl/α,β-unsaturated/α-hetero) is 1. The summed E-state index contributed by atoms with van der Waals surface area (Å²) >= 11 is 0. The summed E-state index contributed by atoms with van der Waals surface area (Å²) in [6.07, 6.45) is 0.935. The minimum absolute atomic E-state index is 0.000754. The second-order valence-corrected chi connectivity index (χ2v) is 6.74. The van der Waals surface area contributed by atoms with E-state index in [-0.39, 0.29) is 18.3 Å². The van der Waals surface area contributed by atoms with Crippen LogP contribution in [0.5, 0.6) is 11.5 Å². The molecule has 150 valence electrons. The fourth-order valence-electron chi connectivity index (χ4n) is 3.71. The molecule has 28 heavy (non-hydrogen) atoms. The first-order chi connectivity index (χ1) is 13.5. The third-order valence-corrected chi connectivity index (χ3v) is 5.09. The van der Waals surface area contributed by atoms with Crippen LogP contribution in [0.4, 0.5) is 0 Å². The van der Waals surface area contributed by atoms with Crippen LogP contribution in [0.3, 0.4) is 0 Å². The molecule has 3 rings (SSSR count). The van der Waals surface area contributed by atoms with E-state index in [1.807, 2.05) is 18.2 Å². The molecule has 0 saturated heterocycles. The molecule has 0 fully saturated rings. The van der Waals surface area contributed by atoms with Crippen LogP contribution < -0.4 is 9.47 Å². The Morgan fingerprint density at radius 3 is 2.61 bits per heavy atom. The molecule has 1 aliphatic carbocycles. The predicted octanol–water partition coefficient (Wildman–Crippen LogP) is 3.06. The molecule has 1 heterocycles. The number of fused-ring (bicyclic) bond motifs is 1. The van der Waals surface area contributed by atoms with Crippen molar-refractivity contribution in [2.45, 2.75) is 25.7 Å². The normalized spacial score (nSPS) is 15.9. The van der Waals surface area contributed by atoms with E-state index in [0.717, 1.165) is 11.3 Å². The van der Waals surface area contributed by atoms with Gasteiger partial charge in [0, 0.05) is 36.3 Å². The van der Waals surface area contributed by atoms with Gasteiger partial charge < -0.3 is 23.9 Å². The Bertz CT molecular complexity index is 885. The number of hydrogen-bond acceptors (Lipinski definition) is 6. The number of hydrogen-bond donors (Lipinski definition) is 1. The molecule has 0 bridgehead atoms. The number of aromatic nitrogens is 1. The summed E-state index contributed by atoms with van der Waals surface area (Å²) in [4.78, 5) is 28.3. The summed E-state index contributed by atoms with van der Waals surface area (Å²) < 4.78 is 20.9. The van der Waals surface area contributed by atoms with E-state index in [4.69, 9.17) is 18.9 Å². The van der Waals surface area contributed by atoms with Crippen LogP contribution in [-0.2, 0) is 15.9 Å². The number of ketones is 1. The Labute approximate surface area is 163 Å². The van der Waals surface area contributed by atoms with E-state index in [1.54, 1.807) is 21.1 Å². The minimum atomic E-state index is -0.479. The lowest BCUT2D eigenvalue weighted by Gasteiger charge is -2.24. The lowest BCUT2D eigenvalue weighted by atomic mass is 9.81. The topological polar surface area (TPSA) is 86.9 Å². The largest absolute Gasteiger partial charge is 0.497 e. The van der Waals surface area contributed by atoms with Gasteiger partial charge in [0.25, 0.3) is 0 Å². The summed E-state index contributed by atoms with van der Waals surface area (Å²) in [5, 5.41) is 0. The quantitative estimate of drug-likeness (QED) is 0.580. The third-order valence-electron chi connectivity index (χ3n) is 5.09. The van der Waals surface area contributed by atoms with Crippen molar-refractivity contribution in [2.75, 3.05) is 34.5 Å². The molecule has 0 saturated carbocycles. The number of carbonyl (C=O) groups excluding carboxylic acids is 2. The molecule has 1 aliphatic rings. The average molecular weight is 387 g/mol. The van der Waals surface area contributed by atoms with Crippen molar-refractivity contribution in [3.63, 3.8) is 0 Å². The SMILES string of the molecule is COCCOC(=O)c1[nH]c2c(c1C)C(=O)C[C@H](c1cc(OC)ccc1OC)C2. The van der Waals surface area contributed by atoms with Crippen molar-refractivity contribution in [2.24, 2.45) is 0 Å². The van der Waals surface area contributed by atoms with Crippen LogP contribution in [-0.4, -0.2) is 51.3 Å². The standard InChI is InChI=1S/C21H25NO6/c1-12-19-16(22-20(12)21(24)28-8-7-25-2)9-13(10-17(19)23)15-11-14(26-3)5-6-18(15)27-4/h5-6,11,13,22H,7-10H2,1-4H3/t13-/m1/s1. The zero-order chi connectivity index (χ0) is 20.3. The van der Waals surface area contributed by atoms with Crippen LogP contribution in [0.25, 0.3) is 0 Å². The van der Waals surface area contributed by atoms with E-state index >= 15 is 0 Å². The number of ether oxygens (including phenoxy) is 4. The molecule has 7 nitrogen and oxygen atoms in total. The minimum Gasteiger partial charge on any atom is -0.497 e. The van der Waals surface area contributed by atoms with Gasteiger partial charge >= 0.3 is 5.97 Å². The maximum atomic E-state index is 12.9. The van der Waals surface area contributed by atoms with Crippen LogP contribution in [0.2, 0.25) is 0 Å². The number of aromatic amines is 1. The van der Waals surface area contributed by atoms with Gasteiger partial charge in [0.15, 0.2) is 5.78 Å². The van der Waals surface area contributed by atoms with Crippen molar-refractivity contribution < 1.29 is 28.5 Å². The Morgan fingerprint density at radius 1 is 1.14 bits per heavy atom. The molecule has 1 N–H and O–H groups in total. The molecular formula is C21H25NO6. The van der Waals surface area contributed by atoms with Crippen LogP contribution in [0.1, 0.15) is 50.0 Å².